The molecule has 0 atom stereocenters. The predicted octanol–water partition coefficient (Wildman–Crippen LogP) is 4.39. The Morgan fingerprint density at radius 2 is 1.83 bits per heavy atom. The molecule has 5 heteroatoms. The molecule has 1 aliphatic rings. The van der Waals surface area contributed by atoms with Crippen LogP contribution >= 0.6 is 11.6 Å². The van der Waals surface area contributed by atoms with E-state index in [0.29, 0.717) is 10.7 Å². The molecule has 1 saturated heterocycles. The van der Waals surface area contributed by atoms with Gasteiger partial charge in [-0.05, 0) is 48.7 Å². The maximum atomic E-state index is 11.0. The van der Waals surface area contributed by atoms with Crippen molar-refractivity contribution >= 4 is 35.2 Å². The van der Waals surface area contributed by atoms with E-state index in [9.17, 15) is 4.79 Å². The Balaban J connectivity index is 1.77. The van der Waals surface area contributed by atoms with E-state index in [1.165, 1.54) is 30.7 Å². The van der Waals surface area contributed by atoms with E-state index < -0.39 is 5.97 Å². The Labute approximate surface area is 140 Å². The molecule has 0 saturated carbocycles. The number of aliphatic imine (C=N–C) groups is 1. The van der Waals surface area contributed by atoms with Crippen LogP contribution in [0.3, 0.4) is 0 Å². The van der Waals surface area contributed by atoms with Crippen molar-refractivity contribution in [1.29, 1.82) is 0 Å². The van der Waals surface area contributed by atoms with Crippen LogP contribution in [0, 0.1) is 0 Å². The summed E-state index contributed by atoms with van der Waals surface area (Å²) in [4.78, 5) is 17.7. The average Bonchev–Trinajstić information content (AvgIpc) is 3.09. The summed E-state index contributed by atoms with van der Waals surface area (Å²) in [6, 6.07) is 12.7. The first-order valence-corrected chi connectivity index (χ1v) is 7.93. The van der Waals surface area contributed by atoms with Gasteiger partial charge in [-0.25, -0.2) is 4.79 Å². The third-order valence-electron chi connectivity index (χ3n) is 3.91. The Morgan fingerprint density at radius 1 is 1.13 bits per heavy atom. The van der Waals surface area contributed by atoms with Crippen LogP contribution in [0.5, 0.6) is 0 Å². The standard InChI is InChI=1S/C18H17ClN2O2/c19-16-8-5-14(18(22)23)11-17(16)20-12-13-3-6-15(7-4-13)21-9-1-2-10-21/h3-8,11-12H,1-2,9-10H2,(H,22,23). The van der Waals surface area contributed by atoms with Gasteiger partial charge in [-0.2, -0.15) is 0 Å². The lowest BCUT2D eigenvalue weighted by molar-refractivity contribution is 0.0697. The van der Waals surface area contributed by atoms with Crippen LogP contribution in [-0.2, 0) is 0 Å². The summed E-state index contributed by atoms with van der Waals surface area (Å²) in [7, 11) is 0. The molecule has 0 radical (unpaired) electrons. The third kappa shape index (κ3) is 3.71. The fraction of sp³-hybridized carbons (Fsp3) is 0.222. The Morgan fingerprint density at radius 3 is 2.48 bits per heavy atom. The van der Waals surface area contributed by atoms with Crippen LogP contribution < -0.4 is 4.90 Å². The van der Waals surface area contributed by atoms with Crippen molar-refractivity contribution < 1.29 is 9.90 Å². The van der Waals surface area contributed by atoms with Crippen molar-refractivity contribution in [3.63, 3.8) is 0 Å². The van der Waals surface area contributed by atoms with Crippen LogP contribution in [0.1, 0.15) is 28.8 Å². The van der Waals surface area contributed by atoms with Crippen LogP contribution in [0.25, 0.3) is 0 Å². The number of benzene rings is 2. The third-order valence-corrected chi connectivity index (χ3v) is 4.23. The molecular formula is C18H17ClN2O2. The van der Waals surface area contributed by atoms with Crippen LogP contribution in [0.15, 0.2) is 47.5 Å². The zero-order valence-corrected chi connectivity index (χ0v) is 13.3. The number of carboxylic acid groups (broad SMARTS) is 1. The number of halogens is 1. The maximum Gasteiger partial charge on any atom is 0.335 e. The second-order valence-electron chi connectivity index (χ2n) is 5.52. The van der Waals surface area contributed by atoms with Crippen molar-refractivity contribution in [1.82, 2.24) is 0 Å². The van der Waals surface area contributed by atoms with Gasteiger partial charge in [0.25, 0.3) is 0 Å². The normalized spacial score (nSPS) is 14.6. The van der Waals surface area contributed by atoms with E-state index in [1.54, 1.807) is 12.3 Å². The highest BCUT2D eigenvalue weighted by Gasteiger charge is 2.11. The van der Waals surface area contributed by atoms with E-state index >= 15 is 0 Å². The minimum atomic E-state index is -0.993. The Kier molecular flexibility index (Phi) is 4.63. The summed E-state index contributed by atoms with van der Waals surface area (Å²) in [5, 5.41) is 9.45. The highest BCUT2D eigenvalue weighted by atomic mass is 35.5. The van der Waals surface area contributed by atoms with Gasteiger partial charge in [0.1, 0.15) is 0 Å². The van der Waals surface area contributed by atoms with Crippen molar-refractivity contribution in [3.8, 4) is 0 Å². The number of carbonyl (C=O) groups is 1. The van der Waals surface area contributed by atoms with Crippen LogP contribution in [0.4, 0.5) is 11.4 Å². The molecule has 1 fully saturated rings. The minimum absolute atomic E-state index is 0.172. The van der Waals surface area contributed by atoms with Crippen molar-refractivity contribution in [2.45, 2.75) is 12.8 Å². The molecule has 1 N–H and O–H groups in total. The number of nitrogens with zero attached hydrogens (tertiary/aromatic N) is 2. The second kappa shape index (κ2) is 6.84. The van der Waals surface area contributed by atoms with Gasteiger partial charge in [0.05, 0.1) is 16.3 Å². The minimum Gasteiger partial charge on any atom is -0.478 e. The number of aromatic carboxylic acids is 1. The molecule has 1 aliphatic heterocycles. The lowest BCUT2D eigenvalue weighted by Crippen LogP contribution is -2.17. The van der Waals surface area contributed by atoms with Gasteiger partial charge in [-0.15, -0.1) is 0 Å². The molecule has 2 aromatic carbocycles. The molecule has 0 amide bonds. The fourth-order valence-corrected chi connectivity index (χ4v) is 2.80. The van der Waals surface area contributed by atoms with E-state index in [-0.39, 0.29) is 5.56 Å². The summed E-state index contributed by atoms with van der Waals surface area (Å²) in [6.07, 6.45) is 4.20. The van der Waals surface area contributed by atoms with Crippen molar-refractivity contribution in [2.24, 2.45) is 4.99 Å². The van der Waals surface area contributed by atoms with Gasteiger partial charge >= 0.3 is 5.97 Å². The summed E-state index contributed by atoms with van der Waals surface area (Å²) < 4.78 is 0. The smallest absolute Gasteiger partial charge is 0.335 e. The number of hydrogen-bond acceptors (Lipinski definition) is 3. The van der Waals surface area contributed by atoms with Crippen LogP contribution in [-0.4, -0.2) is 30.4 Å². The summed E-state index contributed by atoms with van der Waals surface area (Å²) in [5.74, 6) is -0.993. The summed E-state index contributed by atoms with van der Waals surface area (Å²) in [6.45, 7) is 2.23. The molecule has 0 unspecified atom stereocenters. The van der Waals surface area contributed by atoms with Crippen molar-refractivity contribution in [3.05, 3.63) is 58.6 Å². The molecule has 0 aliphatic carbocycles. The molecule has 0 bridgehead atoms. The Bertz CT molecular complexity index is 735. The predicted molar refractivity (Wildman–Crippen MR) is 93.6 cm³/mol. The van der Waals surface area contributed by atoms with Gasteiger partial charge < -0.3 is 10.0 Å². The lowest BCUT2D eigenvalue weighted by Gasteiger charge is -2.17. The highest BCUT2D eigenvalue weighted by molar-refractivity contribution is 6.33. The molecule has 118 valence electrons. The zero-order chi connectivity index (χ0) is 16.2. The van der Waals surface area contributed by atoms with Gasteiger partial charge in [0, 0.05) is 25.0 Å². The fourth-order valence-electron chi connectivity index (χ4n) is 2.64. The highest BCUT2D eigenvalue weighted by Crippen LogP contribution is 2.26. The van der Waals surface area contributed by atoms with Gasteiger partial charge in [-0.1, -0.05) is 23.7 Å². The molecule has 0 aromatic heterocycles. The second-order valence-corrected chi connectivity index (χ2v) is 5.92. The molecule has 0 spiro atoms. The van der Waals surface area contributed by atoms with Gasteiger partial charge in [-0.3, -0.25) is 4.99 Å². The van der Waals surface area contributed by atoms with E-state index in [0.717, 1.165) is 18.7 Å². The largest absolute Gasteiger partial charge is 0.478 e. The number of anilines is 1. The first-order chi connectivity index (χ1) is 11.1. The number of carboxylic acids is 1. The quantitative estimate of drug-likeness (QED) is 0.847. The Hall–Kier alpha value is -2.33. The molecule has 3 rings (SSSR count). The maximum absolute atomic E-state index is 11.0. The van der Waals surface area contributed by atoms with Crippen LogP contribution in [0.2, 0.25) is 5.02 Å². The SMILES string of the molecule is O=C(O)c1ccc(Cl)c(N=Cc2ccc(N3CCCC3)cc2)c1. The van der Waals surface area contributed by atoms with Gasteiger partial charge in [0.2, 0.25) is 0 Å². The monoisotopic (exact) mass is 328 g/mol. The number of hydrogen-bond donors (Lipinski definition) is 1. The molecule has 2 aromatic rings. The summed E-state index contributed by atoms with van der Waals surface area (Å²) in [5.41, 5.74) is 2.80. The summed E-state index contributed by atoms with van der Waals surface area (Å²) >= 11 is 6.07. The first kappa shape index (κ1) is 15.6. The lowest BCUT2D eigenvalue weighted by atomic mass is 10.2. The topological polar surface area (TPSA) is 52.9 Å². The van der Waals surface area contributed by atoms with E-state index in [1.807, 2.05) is 12.1 Å². The van der Waals surface area contributed by atoms with Gasteiger partial charge in [0.15, 0.2) is 0 Å². The average molecular weight is 329 g/mol. The molecule has 4 nitrogen and oxygen atoms in total. The van der Waals surface area contributed by atoms with E-state index in [2.05, 4.69) is 22.0 Å². The van der Waals surface area contributed by atoms with E-state index in [4.69, 9.17) is 16.7 Å². The number of rotatable bonds is 4. The zero-order valence-electron chi connectivity index (χ0n) is 12.6. The molecule has 23 heavy (non-hydrogen) atoms. The first-order valence-electron chi connectivity index (χ1n) is 7.55. The molecule has 1 heterocycles. The molecular weight excluding hydrogens is 312 g/mol. The van der Waals surface area contributed by atoms with Crippen molar-refractivity contribution in [2.75, 3.05) is 18.0 Å².